The lowest BCUT2D eigenvalue weighted by molar-refractivity contribution is -0.125. The summed E-state index contributed by atoms with van der Waals surface area (Å²) in [6, 6.07) is 4.63. The van der Waals surface area contributed by atoms with Gasteiger partial charge in [0.25, 0.3) is 0 Å². The fourth-order valence-electron chi connectivity index (χ4n) is 2.28. The molecule has 5 nitrogen and oxygen atoms in total. The highest BCUT2D eigenvalue weighted by molar-refractivity contribution is 6.16. The Kier molecular flexibility index (Phi) is 3.64. The van der Waals surface area contributed by atoms with E-state index < -0.39 is 5.97 Å². The van der Waals surface area contributed by atoms with Crippen molar-refractivity contribution in [2.24, 2.45) is 0 Å². The number of imide groups is 1. The number of aromatic carboxylic acids is 1. The summed E-state index contributed by atoms with van der Waals surface area (Å²) < 4.78 is 0. The molecule has 0 aliphatic carbocycles. The van der Waals surface area contributed by atoms with E-state index in [0.29, 0.717) is 36.9 Å². The summed E-state index contributed by atoms with van der Waals surface area (Å²) in [5.41, 5.74) is 0.942. The zero-order valence-corrected chi connectivity index (χ0v) is 10.7. The molecule has 100 valence electrons. The monoisotopic (exact) mass is 261 g/mol. The first-order chi connectivity index (χ1) is 9.02. The van der Waals surface area contributed by atoms with Crippen molar-refractivity contribution in [3.8, 4) is 0 Å². The van der Waals surface area contributed by atoms with E-state index in [9.17, 15) is 14.4 Å². The maximum Gasteiger partial charge on any atom is 0.336 e. The molecule has 0 radical (unpaired) electrons. The van der Waals surface area contributed by atoms with Crippen LogP contribution >= 0.6 is 0 Å². The van der Waals surface area contributed by atoms with Crippen molar-refractivity contribution in [2.45, 2.75) is 32.6 Å². The van der Waals surface area contributed by atoms with Gasteiger partial charge in [0.15, 0.2) is 0 Å². The number of rotatable bonds is 2. The van der Waals surface area contributed by atoms with Gasteiger partial charge in [0, 0.05) is 12.8 Å². The highest BCUT2D eigenvalue weighted by atomic mass is 16.4. The van der Waals surface area contributed by atoms with Crippen molar-refractivity contribution in [2.75, 3.05) is 4.90 Å². The lowest BCUT2D eigenvalue weighted by atomic mass is 10.1. The van der Waals surface area contributed by atoms with Gasteiger partial charge in [-0.05, 0) is 37.5 Å². The fourth-order valence-corrected chi connectivity index (χ4v) is 2.28. The normalized spacial score (nSPS) is 16.4. The van der Waals surface area contributed by atoms with Crippen molar-refractivity contribution in [1.29, 1.82) is 0 Å². The van der Waals surface area contributed by atoms with Crippen molar-refractivity contribution >= 4 is 23.5 Å². The molecule has 2 rings (SSSR count). The Balaban J connectivity index is 2.50. The van der Waals surface area contributed by atoms with Crippen LogP contribution in [0.2, 0.25) is 0 Å². The van der Waals surface area contributed by atoms with Crippen LogP contribution in [-0.2, 0) is 9.59 Å². The molecule has 2 amide bonds. The van der Waals surface area contributed by atoms with Gasteiger partial charge in [0.2, 0.25) is 11.8 Å². The summed E-state index contributed by atoms with van der Waals surface area (Å²) in [6.07, 6.45) is 2.03. The van der Waals surface area contributed by atoms with E-state index in [1.807, 2.05) is 0 Å². The van der Waals surface area contributed by atoms with Gasteiger partial charge in [-0.1, -0.05) is 6.07 Å². The largest absolute Gasteiger partial charge is 0.478 e. The summed E-state index contributed by atoms with van der Waals surface area (Å²) >= 11 is 0. The molecular formula is C14H15NO4. The van der Waals surface area contributed by atoms with Crippen LogP contribution in [-0.4, -0.2) is 22.9 Å². The van der Waals surface area contributed by atoms with Gasteiger partial charge >= 0.3 is 5.97 Å². The number of carboxylic acid groups (broad SMARTS) is 1. The Labute approximate surface area is 110 Å². The zero-order valence-electron chi connectivity index (χ0n) is 10.7. The van der Waals surface area contributed by atoms with Crippen LogP contribution in [0.1, 0.15) is 41.6 Å². The maximum absolute atomic E-state index is 12.0. The number of carboxylic acids is 1. The standard InChI is InChI=1S/C14H15NO4/c1-9-10(14(18)19)5-4-6-11(9)15-12(16)7-2-3-8-13(15)17/h4-6H,2-3,7-8H2,1H3,(H,18,19). The minimum absolute atomic E-state index is 0.113. The van der Waals surface area contributed by atoms with E-state index >= 15 is 0 Å². The van der Waals surface area contributed by atoms with Gasteiger partial charge < -0.3 is 5.11 Å². The van der Waals surface area contributed by atoms with Gasteiger partial charge in [0.05, 0.1) is 11.3 Å². The summed E-state index contributed by atoms with van der Waals surface area (Å²) in [6.45, 7) is 1.62. The number of carbonyl (C=O) groups is 3. The summed E-state index contributed by atoms with van der Waals surface area (Å²) in [4.78, 5) is 36.3. The number of anilines is 1. The molecule has 0 atom stereocenters. The van der Waals surface area contributed by atoms with Crippen LogP contribution < -0.4 is 4.90 Å². The number of amides is 2. The highest BCUT2D eigenvalue weighted by Crippen LogP contribution is 2.27. The fraction of sp³-hybridized carbons (Fsp3) is 0.357. The minimum atomic E-state index is -1.06. The Morgan fingerprint density at radius 2 is 1.74 bits per heavy atom. The average Bonchev–Trinajstić information content (AvgIpc) is 2.51. The maximum atomic E-state index is 12.0. The third-order valence-electron chi connectivity index (χ3n) is 3.31. The molecule has 0 bridgehead atoms. The molecule has 1 aliphatic rings. The Bertz CT molecular complexity index is 532. The number of nitrogens with zero attached hydrogens (tertiary/aromatic N) is 1. The molecule has 1 N–H and O–H groups in total. The lowest BCUT2D eigenvalue weighted by Crippen LogP contribution is -2.35. The highest BCUT2D eigenvalue weighted by Gasteiger charge is 2.27. The molecule has 1 heterocycles. The van der Waals surface area contributed by atoms with Crippen LogP contribution in [0.5, 0.6) is 0 Å². The van der Waals surface area contributed by atoms with Gasteiger partial charge in [0.1, 0.15) is 0 Å². The van der Waals surface area contributed by atoms with E-state index in [4.69, 9.17) is 5.11 Å². The molecule has 5 heteroatoms. The van der Waals surface area contributed by atoms with Crippen LogP contribution in [0.15, 0.2) is 18.2 Å². The summed E-state index contributed by atoms with van der Waals surface area (Å²) in [5.74, 6) is -1.57. The molecular weight excluding hydrogens is 246 g/mol. The predicted octanol–water partition coefficient (Wildman–Crippen LogP) is 2.13. The van der Waals surface area contributed by atoms with Crippen molar-refractivity contribution in [3.05, 3.63) is 29.3 Å². The molecule has 1 saturated heterocycles. The molecule has 0 unspecified atom stereocenters. The SMILES string of the molecule is Cc1c(C(=O)O)cccc1N1C(=O)CCCCC1=O. The number of carbonyl (C=O) groups excluding carboxylic acids is 2. The Hall–Kier alpha value is -2.17. The predicted molar refractivity (Wildman–Crippen MR) is 69.1 cm³/mol. The van der Waals surface area contributed by atoms with Gasteiger partial charge in [-0.25, -0.2) is 4.79 Å². The minimum Gasteiger partial charge on any atom is -0.478 e. The molecule has 1 aromatic rings. The topological polar surface area (TPSA) is 74.7 Å². The van der Waals surface area contributed by atoms with Crippen molar-refractivity contribution < 1.29 is 19.5 Å². The van der Waals surface area contributed by atoms with E-state index in [1.165, 1.54) is 6.07 Å². The summed E-state index contributed by atoms with van der Waals surface area (Å²) in [5, 5.41) is 9.09. The molecule has 19 heavy (non-hydrogen) atoms. The van der Waals surface area contributed by atoms with Crippen molar-refractivity contribution in [3.63, 3.8) is 0 Å². The first-order valence-electron chi connectivity index (χ1n) is 6.21. The van der Waals surface area contributed by atoms with Crippen molar-refractivity contribution in [1.82, 2.24) is 0 Å². The second-order valence-electron chi connectivity index (χ2n) is 4.58. The quantitative estimate of drug-likeness (QED) is 0.827. The third-order valence-corrected chi connectivity index (χ3v) is 3.31. The number of hydrogen-bond acceptors (Lipinski definition) is 3. The van der Waals surface area contributed by atoms with Crippen LogP contribution in [0, 0.1) is 6.92 Å². The molecule has 0 saturated carbocycles. The Morgan fingerprint density at radius 1 is 1.16 bits per heavy atom. The number of benzene rings is 1. The summed E-state index contributed by atoms with van der Waals surface area (Å²) in [7, 11) is 0. The molecule has 1 aromatic carbocycles. The lowest BCUT2D eigenvalue weighted by Gasteiger charge is -2.21. The molecule has 1 aliphatic heterocycles. The average molecular weight is 261 g/mol. The second-order valence-corrected chi connectivity index (χ2v) is 4.58. The van der Waals surface area contributed by atoms with Gasteiger partial charge in [-0.15, -0.1) is 0 Å². The van der Waals surface area contributed by atoms with Gasteiger partial charge in [-0.3, -0.25) is 14.5 Å². The van der Waals surface area contributed by atoms with Crippen LogP contribution in [0.4, 0.5) is 5.69 Å². The molecule has 0 aromatic heterocycles. The molecule has 0 spiro atoms. The third kappa shape index (κ3) is 2.50. The number of hydrogen-bond donors (Lipinski definition) is 1. The van der Waals surface area contributed by atoms with E-state index in [1.54, 1.807) is 19.1 Å². The van der Waals surface area contributed by atoms with E-state index in [2.05, 4.69) is 0 Å². The van der Waals surface area contributed by atoms with Crippen LogP contribution in [0.25, 0.3) is 0 Å². The Morgan fingerprint density at radius 3 is 2.26 bits per heavy atom. The van der Waals surface area contributed by atoms with Gasteiger partial charge in [-0.2, -0.15) is 0 Å². The first kappa shape index (κ1) is 13.3. The van der Waals surface area contributed by atoms with E-state index in [0.717, 1.165) is 4.90 Å². The first-order valence-corrected chi connectivity index (χ1v) is 6.21. The van der Waals surface area contributed by atoms with Crippen LogP contribution in [0.3, 0.4) is 0 Å². The zero-order chi connectivity index (χ0) is 14.0. The smallest absolute Gasteiger partial charge is 0.336 e. The van der Waals surface area contributed by atoms with E-state index in [-0.39, 0.29) is 17.4 Å². The second kappa shape index (κ2) is 5.22. The molecule has 1 fully saturated rings.